The van der Waals surface area contributed by atoms with E-state index < -0.39 is 11.7 Å². The minimum atomic E-state index is -1.05. The second kappa shape index (κ2) is 6.54. The number of rotatable bonds is 4. The van der Waals surface area contributed by atoms with Gasteiger partial charge in [0.2, 0.25) is 0 Å². The van der Waals surface area contributed by atoms with E-state index in [4.69, 9.17) is 4.74 Å². The van der Waals surface area contributed by atoms with Gasteiger partial charge < -0.3 is 24.7 Å². The predicted octanol–water partition coefficient (Wildman–Crippen LogP) is 1.44. The van der Waals surface area contributed by atoms with E-state index in [1.807, 2.05) is 43.3 Å². The molecule has 0 unspecified atom stereocenters. The van der Waals surface area contributed by atoms with Gasteiger partial charge in [-0.05, 0) is 38.2 Å². The topological polar surface area (TPSA) is 73.2 Å². The van der Waals surface area contributed by atoms with Gasteiger partial charge in [0.1, 0.15) is 5.75 Å². The lowest BCUT2D eigenvalue weighted by molar-refractivity contribution is -0.0790. The Balaban J connectivity index is 2.33. The van der Waals surface area contributed by atoms with Crippen LogP contribution in [0.1, 0.15) is 12.0 Å². The van der Waals surface area contributed by atoms with Crippen LogP contribution in [0.5, 0.6) is 5.75 Å². The van der Waals surface area contributed by atoms with Gasteiger partial charge in [-0.3, -0.25) is 0 Å². The molecule has 2 rings (SSSR count). The summed E-state index contributed by atoms with van der Waals surface area (Å²) < 4.78 is 5.24. The number of piperidine rings is 1. The number of benzene rings is 1. The van der Waals surface area contributed by atoms with Gasteiger partial charge in [0.05, 0.1) is 12.7 Å². The molecule has 122 valence electrons. The molecular formula is C16H24N2O4. The molecule has 1 heterocycles. The summed E-state index contributed by atoms with van der Waals surface area (Å²) in [7, 11) is 5.44. The smallest absolute Gasteiger partial charge is 0.407 e. The summed E-state index contributed by atoms with van der Waals surface area (Å²) in [4.78, 5) is 14.6. The zero-order valence-corrected chi connectivity index (χ0v) is 13.3. The quantitative estimate of drug-likeness (QED) is 0.880. The Kier molecular flexibility index (Phi) is 4.93. The summed E-state index contributed by atoms with van der Waals surface area (Å²) in [5, 5.41) is 20.5. The van der Waals surface area contributed by atoms with Crippen molar-refractivity contribution in [2.45, 2.75) is 12.0 Å². The average molecular weight is 308 g/mol. The molecule has 2 N–H and O–H groups in total. The van der Waals surface area contributed by atoms with E-state index in [1.165, 1.54) is 4.90 Å². The van der Waals surface area contributed by atoms with Gasteiger partial charge in [0.25, 0.3) is 0 Å². The summed E-state index contributed by atoms with van der Waals surface area (Å²) >= 11 is 0. The SMILES string of the molecule is COc1cccc([C@]2(O)CCN(C(=O)O)C[C@H]2CN(C)C)c1. The lowest BCUT2D eigenvalue weighted by Gasteiger charge is -2.45. The summed E-state index contributed by atoms with van der Waals surface area (Å²) in [5.74, 6) is 0.495. The van der Waals surface area contributed by atoms with E-state index in [9.17, 15) is 15.0 Å². The number of carbonyl (C=O) groups is 1. The van der Waals surface area contributed by atoms with Gasteiger partial charge in [0.15, 0.2) is 0 Å². The second-order valence-corrected chi connectivity index (χ2v) is 6.09. The Morgan fingerprint density at radius 3 is 2.82 bits per heavy atom. The van der Waals surface area contributed by atoms with Gasteiger partial charge in [-0.2, -0.15) is 0 Å². The fourth-order valence-corrected chi connectivity index (χ4v) is 3.11. The predicted molar refractivity (Wildman–Crippen MR) is 83.1 cm³/mol. The van der Waals surface area contributed by atoms with Gasteiger partial charge >= 0.3 is 6.09 Å². The first-order valence-corrected chi connectivity index (χ1v) is 7.36. The molecule has 1 aliphatic rings. The van der Waals surface area contributed by atoms with Crippen LogP contribution in [-0.2, 0) is 5.60 Å². The largest absolute Gasteiger partial charge is 0.497 e. The average Bonchev–Trinajstić information content (AvgIpc) is 2.49. The highest BCUT2D eigenvalue weighted by Gasteiger charge is 2.44. The van der Waals surface area contributed by atoms with Crippen LogP contribution < -0.4 is 4.74 Å². The van der Waals surface area contributed by atoms with Crippen molar-refractivity contribution in [1.29, 1.82) is 0 Å². The molecule has 2 atom stereocenters. The summed E-state index contributed by atoms with van der Waals surface area (Å²) in [5.41, 5.74) is -0.270. The minimum absolute atomic E-state index is 0.195. The molecule has 1 aliphatic heterocycles. The molecule has 6 nitrogen and oxygen atoms in total. The molecule has 0 aromatic heterocycles. The fraction of sp³-hybridized carbons (Fsp3) is 0.562. The Morgan fingerprint density at radius 2 is 2.23 bits per heavy atom. The molecule has 1 aromatic rings. The first-order chi connectivity index (χ1) is 10.4. The number of likely N-dealkylation sites (tertiary alicyclic amines) is 1. The van der Waals surface area contributed by atoms with Crippen LogP contribution in [0.15, 0.2) is 24.3 Å². The van der Waals surface area contributed by atoms with Gasteiger partial charge in [-0.25, -0.2) is 4.79 Å². The number of amides is 1. The van der Waals surface area contributed by atoms with Gasteiger partial charge in [-0.15, -0.1) is 0 Å². The fourth-order valence-electron chi connectivity index (χ4n) is 3.11. The molecule has 1 amide bonds. The van der Waals surface area contributed by atoms with Crippen molar-refractivity contribution in [3.63, 3.8) is 0 Å². The van der Waals surface area contributed by atoms with Crippen molar-refractivity contribution in [2.24, 2.45) is 5.92 Å². The lowest BCUT2D eigenvalue weighted by Crippen LogP contribution is -2.54. The zero-order valence-electron chi connectivity index (χ0n) is 13.3. The van der Waals surface area contributed by atoms with E-state index >= 15 is 0 Å². The van der Waals surface area contributed by atoms with Crippen LogP contribution in [0.2, 0.25) is 0 Å². The van der Waals surface area contributed by atoms with Crippen molar-refractivity contribution in [3.8, 4) is 5.75 Å². The van der Waals surface area contributed by atoms with Crippen LogP contribution in [0.25, 0.3) is 0 Å². The third-order valence-corrected chi connectivity index (χ3v) is 4.30. The molecular weight excluding hydrogens is 284 g/mol. The first kappa shape index (κ1) is 16.6. The van der Waals surface area contributed by atoms with E-state index in [-0.39, 0.29) is 5.92 Å². The van der Waals surface area contributed by atoms with Crippen LogP contribution in [0.3, 0.4) is 0 Å². The van der Waals surface area contributed by atoms with Gasteiger partial charge in [-0.1, -0.05) is 12.1 Å². The standard InChI is InChI=1S/C16H24N2O4/c1-17(2)10-13-11-18(15(19)20)8-7-16(13,21)12-5-4-6-14(9-12)22-3/h4-6,9,13,21H,7-8,10-11H2,1-3H3,(H,19,20)/t13-,16-/m1/s1. The Bertz CT molecular complexity index is 535. The number of nitrogens with zero attached hydrogens (tertiary/aromatic N) is 2. The number of aliphatic hydroxyl groups is 1. The highest BCUT2D eigenvalue weighted by atomic mass is 16.5. The number of hydrogen-bond donors (Lipinski definition) is 2. The molecule has 1 fully saturated rings. The van der Waals surface area contributed by atoms with Crippen LogP contribution >= 0.6 is 0 Å². The maximum atomic E-state index is 11.3. The molecule has 0 saturated carbocycles. The third kappa shape index (κ3) is 3.34. The van der Waals surface area contributed by atoms with Crippen LogP contribution in [0.4, 0.5) is 4.79 Å². The Hall–Kier alpha value is -1.79. The summed E-state index contributed by atoms with van der Waals surface area (Å²) in [6, 6.07) is 7.39. The van der Waals surface area contributed by atoms with Crippen molar-refractivity contribution in [1.82, 2.24) is 9.80 Å². The normalized spacial score (nSPS) is 25.3. The number of hydrogen-bond acceptors (Lipinski definition) is 4. The minimum Gasteiger partial charge on any atom is -0.497 e. The summed E-state index contributed by atoms with van der Waals surface area (Å²) in [6.45, 7) is 1.26. The monoisotopic (exact) mass is 308 g/mol. The van der Waals surface area contributed by atoms with Crippen LogP contribution in [-0.4, -0.2) is 66.9 Å². The van der Waals surface area contributed by atoms with E-state index in [1.54, 1.807) is 7.11 Å². The Labute approximate surface area is 130 Å². The second-order valence-electron chi connectivity index (χ2n) is 6.09. The van der Waals surface area contributed by atoms with Crippen molar-refractivity contribution in [2.75, 3.05) is 40.8 Å². The number of carboxylic acid groups (broad SMARTS) is 1. The highest BCUT2D eigenvalue weighted by molar-refractivity contribution is 5.65. The van der Waals surface area contributed by atoms with Crippen molar-refractivity contribution >= 4 is 6.09 Å². The number of methoxy groups -OCH3 is 1. The van der Waals surface area contributed by atoms with Gasteiger partial charge in [0, 0.05) is 25.6 Å². The molecule has 0 radical (unpaired) electrons. The molecule has 6 heteroatoms. The number of ether oxygens (including phenoxy) is 1. The molecule has 0 aliphatic carbocycles. The molecule has 1 saturated heterocycles. The van der Waals surface area contributed by atoms with E-state index in [2.05, 4.69) is 0 Å². The van der Waals surface area contributed by atoms with Crippen LogP contribution in [0, 0.1) is 5.92 Å². The highest BCUT2D eigenvalue weighted by Crippen LogP contribution is 2.39. The van der Waals surface area contributed by atoms with E-state index in [0.717, 1.165) is 5.56 Å². The molecule has 0 bridgehead atoms. The summed E-state index contributed by atoms with van der Waals surface area (Å²) in [6.07, 6.45) is -0.554. The molecule has 22 heavy (non-hydrogen) atoms. The zero-order chi connectivity index (χ0) is 16.3. The third-order valence-electron chi connectivity index (χ3n) is 4.30. The van der Waals surface area contributed by atoms with Crippen molar-refractivity contribution in [3.05, 3.63) is 29.8 Å². The van der Waals surface area contributed by atoms with E-state index in [0.29, 0.717) is 31.8 Å². The molecule has 1 aromatic carbocycles. The molecule has 0 spiro atoms. The first-order valence-electron chi connectivity index (χ1n) is 7.36. The Morgan fingerprint density at radius 1 is 1.50 bits per heavy atom. The van der Waals surface area contributed by atoms with Crippen molar-refractivity contribution < 1.29 is 19.7 Å². The maximum Gasteiger partial charge on any atom is 0.407 e. The maximum absolute atomic E-state index is 11.3. The lowest BCUT2D eigenvalue weighted by atomic mass is 9.75.